The fourth-order valence-electron chi connectivity index (χ4n) is 1.30. The second-order valence-electron chi connectivity index (χ2n) is 3.60. The highest BCUT2D eigenvalue weighted by atomic mass is 19.1. The minimum atomic E-state index is -0.574. The molecular formula is C16H13F3. The summed E-state index contributed by atoms with van der Waals surface area (Å²) in [7, 11) is 0. The molecule has 0 N–H and O–H groups in total. The Labute approximate surface area is 110 Å². The van der Waals surface area contributed by atoms with Gasteiger partial charge in [-0.3, -0.25) is 0 Å². The summed E-state index contributed by atoms with van der Waals surface area (Å²) in [5, 5.41) is 0. The van der Waals surface area contributed by atoms with E-state index in [1.807, 2.05) is 0 Å². The van der Waals surface area contributed by atoms with Gasteiger partial charge in [-0.1, -0.05) is 43.5 Å². The van der Waals surface area contributed by atoms with Crippen LogP contribution in [0.3, 0.4) is 0 Å². The number of halogens is 3. The Kier molecular flexibility index (Phi) is 5.61. The van der Waals surface area contributed by atoms with Crippen LogP contribution in [0.4, 0.5) is 13.2 Å². The van der Waals surface area contributed by atoms with Crippen molar-refractivity contribution in [2.45, 2.75) is 0 Å². The molecule has 0 spiro atoms. The summed E-state index contributed by atoms with van der Waals surface area (Å²) in [4.78, 5) is 0. The second-order valence-corrected chi connectivity index (χ2v) is 3.60. The fourth-order valence-corrected chi connectivity index (χ4v) is 1.30. The van der Waals surface area contributed by atoms with Gasteiger partial charge >= 0.3 is 0 Å². The first kappa shape index (κ1) is 14.8. The van der Waals surface area contributed by atoms with Gasteiger partial charge in [-0.25, -0.2) is 13.2 Å². The molecule has 0 fully saturated rings. The normalized spacial score (nSPS) is 9.21. The van der Waals surface area contributed by atoms with Gasteiger partial charge in [0.15, 0.2) is 0 Å². The topological polar surface area (TPSA) is 0 Å². The molecule has 0 unspecified atom stereocenters. The molecule has 0 aromatic heterocycles. The van der Waals surface area contributed by atoms with Crippen molar-refractivity contribution in [1.29, 1.82) is 0 Å². The van der Waals surface area contributed by atoms with Crippen LogP contribution in [-0.4, -0.2) is 0 Å². The third-order valence-electron chi connectivity index (χ3n) is 2.31. The van der Waals surface area contributed by atoms with Crippen molar-refractivity contribution in [2.24, 2.45) is 0 Å². The molecule has 0 saturated heterocycles. The van der Waals surface area contributed by atoms with Crippen LogP contribution in [0.2, 0.25) is 0 Å². The molecular weight excluding hydrogens is 249 g/mol. The maximum Gasteiger partial charge on any atom is 0.133 e. The summed E-state index contributed by atoms with van der Waals surface area (Å²) in [6.07, 6.45) is 2.84. The van der Waals surface area contributed by atoms with Gasteiger partial charge in [0.05, 0.1) is 0 Å². The predicted molar refractivity (Wildman–Crippen MR) is 72.9 cm³/mol. The second kappa shape index (κ2) is 7.21. The first-order chi connectivity index (χ1) is 9.08. The van der Waals surface area contributed by atoms with Crippen molar-refractivity contribution in [3.05, 3.63) is 84.2 Å². The Hall–Kier alpha value is -2.29. The van der Waals surface area contributed by atoms with Crippen molar-refractivity contribution >= 4 is 12.2 Å². The molecule has 19 heavy (non-hydrogen) atoms. The average Bonchev–Trinajstić information content (AvgIpc) is 2.41. The van der Waals surface area contributed by atoms with Crippen LogP contribution in [0.15, 0.2) is 55.6 Å². The van der Waals surface area contributed by atoms with Crippen LogP contribution in [0.25, 0.3) is 12.2 Å². The van der Waals surface area contributed by atoms with Gasteiger partial charge < -0.3 is 0 Å². The third kappa shape index (κ3) is 4.47. The Morgan fingerprint density at radius 1 is 0.737 bits per heavy atom. The minimum absolute atomic E-state index is 0.0671. The number of benzene rings is 2. The standard InChI is InChI=1S/C8H6F2.C8H7F/c1-2-6-7(9)4-3-5-8(6)10;1-2-7-3-5-8(9)6-4-7/h2-5H,1H2;2-6H,1H2. The van der Waals surface area contributed by atoms with Crippen molar-refractivity contribution in [3.63, 3.8) is 0 Å². The van der Waals surface area contributed by atoms with Crippen LogP contribution in [0.1, 0.15) is 11.1 Å². The molecule has 0 aliphatic heterocycles. The van der Waals surface area contributed by atoms with Crippen molar-refractivity contribution < 1.29 is 13.2 Å². The van der Waals surface area contributed by atoms with E-state index in [2.05, 4.69) is 13.2 Å². The molecule has 0 atom stereocenters. The highest BCUT2D eigenvalue weighted by Gasteiger charge is 2.01. The van der Waals surface area contributed by atoms with Crippen LogP contribution in [0, 0.1) is 17.5 Å². The van der Waals surface area contributed by atoms with Crippen molar-refractivity contribution in [1.82, 2.24) is 0 Å². The third-order valence-corrected chi connectivity index (χ3v) is 2.31. The lowest BCUT2D eigenvalue weighted by Crippen LogP contribution is -1.85. The molecule has 0 aliphatic rings. The monoisotopic (exact) mass is 262 g/mol. The average molecular weight is 262 g/mol. The largest absolute Gasteiger partial charge is 0.207 e. The van der Waals surface area contributed by atoms with Crippen molar-refractivity contribution in [2.75, 3.05) is 0 Å². The van der Waals surface area contributed by atoms with E-state index in [1.54, 1.807) is 18.2 Å². The van der Waals surface area contributed by atoms with E-state index in [0.29, 0.717) is 0 Å². The van der Waals surface area contributed by atoms with Gasteiger partial charge in [0, 0.05) is 5.56 Å². The van der Waals surface area contributed by atoms with E-state index in [4.69, 9.17) is 0 Å². The van der Waals surface area contributed by atoms with Gasteiger partial charge in [0.25, 0.3) is 0 Å². The van der Waals surface area contributed by atoms with Gasteiger partial charge in [0.1, 0.15) is 17.5 Å². The van der Waals surface area contributed by atoms with E-state index < -0.39 is 11.6 Å². The molecule has 0 heterocycles. The number of hydrogen-bond donors (Lipinski definition) is 0. The van der Waals surface area contributed by atoms with Crippen LogP contribution < -0.4 is 0 Å². The Balaban J connectivity index is 0.000000191. The van der Waals surface area contributed by atoms with E-state index in [9.17, 15) is 13.2 Å². The number of rotatable bonds is 2. The van der Waals surface area contributed by atoms with E-state index in [-0.39, 0.29) is 11.4 Å². The molecule has 2 aromatic rings. The highest BCUT2D eigenvalue weighted by molar-refractivity contribution is 5.48. The Morgan fingerprint density at radius 2 is 1.26 bits per heavy atom. The number of hydrogen-bond acceptors (Lipinski definition) is 0. The van der Waals surface area contributed by atoms with E-state index >= 15 is 0 Å². The highest BCUT2D eigenvalue weighted by Crippen LogP contribution is 2.12. The van der Waals surface area contributed by atoms with Gasteiger partial charge in [-0.05, 0) is 29.8 Å². The molecule has 0 radical (unpaired) electrons. The van der Waals surface area contributed by atoms with E-state index in [1.165, 1.54) is 30.3 Å². The van der Waals surface area contributed by atoms with Crippen LogP contribution in [-0.2, 0) is 0 Å². The fraction of sp³-hybridized carbons (Fsp3) is 0. The zero-order valence-corrected chi connectivity index (χ0v) is 10.2. The smallest absolute Gasteiger partial charge is 0.133 e. The maximum atomic E-state index is 12.5. The first-order valence-electron chi connectivity index (χ1n) is 5.53. The molecule has 2 rings (SSSR count). The van der Waals surface area contributed by atoms with Crippen molar-refractivity contribution in [3.8, 4) is 0 Å². The molecule has 0 nitrogen and oxygen atoms in total. The lowest BCUT2D eigenvalue weighted by molar-refractivity contribution is 0.579. The zero-order valence-electron chi connectivity index (χ0n) is 10.2. The SMILES string of the molecule is C=Cc1c(F)cccc1F.C=Cc1ccc(F)cc1. The lowest BCUT2D eigenvalue weighted by Gasteiger charge is -1.95. The predicted octanol–water partition coefficient (Wildman–Crippen LogP) is 5.08. The summed E-state index contributed by atoms with van der Waals surface area (Å²) in [5.41, 5.74) is 0.874. The molecule has 98 valence electrons. The summed E-state index contributed by atoms with van der Waals surface area (Å²) in [6, 6.07) is 9.90. The Bertz CT molecular complexity index is 536. The van der Waals surface area contributed by atoms with Gasteiger partial charge in [0.2, 0.25) is 0 Å². The van der Waals surface area contributed by atoms with E-state index in [0.717, 1.165) is 11.6 Å². The zero-order chi connectivity index (χ0) is 14.3. The Morgan fingerprint density at radius 3 is 1.63 bits per heavy atom. The molecule has 0 amide bonds. The van der Waals surface area contributed by atoms with Crippen LogP contribution >= 0.6 is 0 Å². The van der Waals surface area contributed by atoms with Gasteiger partial charge in [-0.15, -0.1) is 0 Å². The maximum absolute atomic E-state index is 12.5. The molecule has 0 bridgehead atoms. The summed E-state index contributed by atoms with van der Waals surface area (Å²) in [6.45, 7) is 6.81. The summed E-state index contributed by atoms with van der Waals surface area (Å²) >= 11 is 0. The summed E-state index contributed by atoms with van der Waals surface area (Å²) in [5.74, 6) is -1.36. The molecule has 0 saturated carbocycles. The first-order valence-corrected chi connectivity index (χ1v) is 5.53. The molecule has 2 aromatic carbocycles. The van der Waals surface area contributed by atoms with Gasteiger partial charge in [-0.2, -0.15) is 0 Å². The van der Waals surface area contributed by atoms with Crippen LogP contribution in [0.5, 0.6) is 0 Å². The molecule has 3 heteroatoms. The summed E-state index contributed by atoms with van der Waals surface area (Å²) < 4.78 is 37.3. The molecule has 0 aliphatic carbocycles. The quantitative estimate of drug-likeness (QED) is 0.708. The lowest BCUT2D eigenvalue weighted by atomic mass is 10.2. The minimum Gasteiger partial charge on any atom is -0.207 e.